The van der Waals surface area contributed by atoms with Crippen LogP contribution < -0.4 is 5.73 Å². The lowest BCUT2D eigenvalue weighted by Crippen LogP contribution is -2.27. The molecule has 1 saturated heterocycles. The fraction of sp³-hybridized carbons (Fsp3) is 0.571. The van der Waals surface area contributed by atoms with Gasteiger partial charge in [-0.3, -0.25) is 0 Å². The summed E-state index contributed by atoms with van der Waals surface area (Å²) < 4.78 is 8.92. The Kier molecular flexibility index (Phi) is 3.61. The molecule has 0 aliphatic carbocycles. The molecule has 21 heavy (non-hydrogen) atoms. The van der Waals surface area contributed by atoms with Gasteiger partial charge in [0, 0.05) is 8.99 Å². The molecule has 0 bridgehead atoms. The maximum absolute atomic E-state index is 9.52. The Balaban J connectivity index is 2.15. The van der Waals surface area contributed by atoms with E-state index in [4.69, 9.17) is 10.5 Å². The number of aliphatic hydroxyl groups is 1. The average molecular weight is 402 g/mol. The quantitative estimate of drug-likeness (QED) is 0.751. The smallest absolute Gasteiger partial charge is 0.152 e. The van der Waals surface area contributed by atoms with Crippen LogP contribution in [-0.2, 0) is 4.74 Å². The van der Waals surface area contributed by atoms with Crippen LogP contribution in [0, 0.1) is 14.9 Å². The molecule has 0 aromatic carbocycles. The zero-order chi connectivity index (χ0) is 15.4. The molecule has 0 spiro atoms. The van der Waals surface area contributed by atoms with Crippen molar-refractivity contribution in [3.8, 4) is 0 Å². The van der Waals surface area contributed by atoms with Gasteiger partial charge >= 0.3 is 0 Å². The second kappa shape index (κ2) is 5.06. The van der Waals surface area contributed by atoms with Crippen LogP contribution >= 0.6 is 22.6 Å². The third-order valence-corrected chi connectivity index (χ3v) is 5.55. The molecule has 7 heteroatoms. The molecule has 3 N–H and O–H groups in total. The zero-order valence-corrected chi connectivity index (χ0v) is 14.4. The highest BCUT2D eigenvalue weighted by Gasteiger charge is 2.49. The number of anilines is 1. The first-order chi connectivity index (χ1) is 9.87. The highest BCUT2D eigenvalue weighted by atomic mass is 127. The van der Waals surface area contributed by atoms with Gasteiger partial charge < -0.3 is 15.6 Å². The van der Waals surface area contributed by atoms with Gasteiger partial charge in [0.05, 0.1) is 18.4 Å². The minimum atomic E-state index is -0.160. The first-order valence-corrected chi connectivity index (χ1v) is 7.99. The number of ether oxygens (including phenoxy) is 1. The lowest BCUT2D eigenvalue weighted by atomic mass is 9.75. The Bertz CT molecular complexity index is 685. The maximum Gasteiger partial charge on any atom is 0.152 e. The summed E-state index contributed by atoms with van der Waals surface area (Å²) in [6, 6.07) is 2.04. The van der Waals surface area contributed by atoms with Crippen LogP contribution in [0.25, 0.3) is 5.52 Å². The Morgan fingerprint density at radius 3 is 2.86 bits per heavy atom. The van der Waals surface area contributed by atoms with Gasteiger partial charge in [-0.05, 0) is 34.6 Å². The van der Waals surface area contributed by atoms with Gasteiger partial charge in [-0.1, -0.05) is 20.8 Å². The number of nitrogens with zero attached hydrogens (tertiary/aromatic N) is 3. The van der Waals surface area contributed by atoms with Crippen LogP contribution in [0.5, 0.6) is 0 Å². The van der Waals surface area contributed by atoms with E-state index >= 15 is 0 Å². The minimum Gasteiger partial charge on any atom is -0.394 e. The number of aliphatic hydroxyl groups excluding tert-OH is 1. The Morgan fingerprint density at radius 1 is 1.52 bits per heavy atom. The predicted octanol–water partition coefficient (Wildman–Crippen LogP) is 2.01. The van der Waals surface area contributed by atoms with E-state index in [1.54, 1.807) is 0 Å². The van der Waals surface area contributed by atoms with Crippen LogP contribution in [0.2, 0.25) is 0 Å². The van der Waals surface area contributed by atoms with Crippen LogP contribution in [0.4, 0.5) is 5.82 Å². The van der Waals surface area contributed by atoms with Crippen LogP contribution in [0.3, 0.4) is 0 Å². The molecule has 0 radical (unpaired) electrons. The van der Waals surface area contributed by atoms with Gasteiger partial charge in [0.2, 0.25) is 0 Å². The molecule has 1 aliphatic heterocycles. The molecule has 0 saturated carbocycles. The van der Waals surface area contributed by atoms with E-state index in [0.717, 1.165) is 14.8 Å². The van der Waals surface area contributed by atoms with Crippen molar-refractivity contribution in [2.24, 2.45) is 11.3 Å². The Labute approximate surface area is 136 Å². The molecule has 0 amide bonds. The summed E-state index contributed by atoms with van der Waals surface area (Å²) in [6.07, 6.45) is 1.15. The van der Waals surface area contributed by atoms with E-state index in [-0.39, 0.29) is 30.1 Å². The van der Waals surface area contributed by atoms with E-state index in [1.165, 1.54) is 6.33 Å². The number of hydrogen-bond donors (Lipinski definition) is 2. The molecule has 1 aliphatic rings. The minimum absolute atomic E-state index is 0.0264. The predicted molar refractivity (Wildman–Crippen MR) is 87.8 cm³/mol. The van der Waals surface area contributed by atoms with E-state index in [2.05, 4.69) is 53.4 Å². The second-order valence-corrected chi connectivity index (χ2v) is 7.33. The van der Waals surface area contributed by atoms with Crippen molar-refractivity contribution in [3.05, 3.63) is 21.7 Å². The molecule has 3 rings (SSSR count). The van der Waals surface area contributed by atoms with E-state index in [9.17, 15) is 5.11 Å². The monoisotopic (exact) mass is 402 g/mol. The van der Waals surface area contributed by atoms with Crippen molar-refractivity contribution in [2.75, 3.05) is 12.3 Å². The van der Waals surface area contributed by atoms with E-state index in [1.807, 2.05) is 10.6 Å². The average Bonchev–Trinajstić information content (AvgIpc) is 2.87. The highest BCUT2D eigenvalue weighted by molar-refractivity contribution is 14.1. The summed E-state index contributed by atoms with van der Waals surface area (Å²) in [5.74, 6) is 0.707. The number of fused-ring (bicyclic) bond motifs is 1. The van der Waals surface area contributed by atoms with Gasteiger partial charge in [0.15, 0.2) is 5.82 Å². The second-order valence-electron chi connectivity index (χ2n) is 6.17. The number of nitrogen functional groups attached to an aromatic ring is 1. The van der Waals surface area contributed by atoms with Gasteiger partial charge in [-0.15, -0.1) is 0 Å². The molecule has 114 valence electrons. The van der Waals surface area contributed by atoms with E-state index in [0.29, 0.717) is 5.82 Å². The molecule has 2 aromatic heterocycles. The van der Waals surface area contributed by atoms with Crippen molar-refractivity contribution < 1.29 is 9.84 Å². The molecule has 0 unspecified atom stereocenters. The van der Waals surface area contributed by atoms with Crippen molar-refractivity contribution in [3.63, 3.8) is 0 Å². The fourth-order valence-corrected chi connectivity index (χ4v) is 3.89. The first kappa shape index (κ1) is 15.0. The molecule has 1 fully saturated rings. The number of nitrogens with two attached hydrogens (primary N) is 1. The molecule has 2 aromatic rings. The number of rotatable bonds is 2. The van der Waals surface area contributed by atoms with Gasteiger partial charge in [0.25, 0.3) is 0 Å². The molecular weight excluding hydrogens is 383 g/mol. The van der Waals surface area contributed by atoms with Crippen molar-refractivity contribution >= 4 is 33.9 Å². The maximum atomic E-state index is 9.52. The molecule has 6 nitrogen and oxygen atoms in total. The lowest BCUT2D eigenvalue weighted by molar-refractivity contribution is -0.0116. The van der Waals surface area contributed by atoms with Crippen molar-refractivity contribution in [1.29, 1.82) is 0 Å². The SMILES string of the molecule is C[C@@H]1[C@@H](CO)O[C@@H](c2cc(I)c3c(N)ncnn23)C1(C)C. The summed E-state index contributed by atoms with van der Waals surface area (Å²) in [5.41, 5.74) is 7.62. The largest absolute Gasteiger partial charge is 0.394 e. The summed E-state index contributed by atoms with van der Waals surface area (Å²) in [4.78, 5) is 4.05. The summed E-state index contributed by atoms with van der Waals surface area (Å²) in [7, 11) is 0. The van der Waals surface area contributed by atoms with E-state index < -0.39 is 0 Å². The Hall–Kier alpha value is -0.930. The van der Waals surface area contributed by atoms with Crippen molar-refractivity contribution in [1.82, 2.24) is 14.6 Å². The van der Waals surface area contributed by atoms with Crippen molar-refractivity contribution in [2.45, 2.75) is 33.0 Å². The van der Waals surface area contributed by atoms with Gasteiger partial charge in [-0.2, -0.15) is 5.10 Å². The number of hydrogen-bond acceptors (Lipinski definition) is 5. The molecular formula is C14H19IN4O2. The number of halogens is 1. The normalized spacial score (nSPS) is 28.3. The third-order valence-electron chi connectivity index (χ3n) is 4.73. The first-order valence-electron chi connectivity index (χ1n) is 6.91. The molecule has 3 heterocycles. The van der Waals surface area contributed by atoms with Crippen LogP contribution in [0.15, 0.2) is 12.4 Å². The highest BCUT2D eigenvalue weighted by Crippen LogP contribution is 2.51. The lowest BCUT2D eigenvalue weighted by Gasteiger charge is -2.28. The van der Waals surface area contributed by atoms with Gasteiger partial charge in [0.1, 0.15) is 17.9 Å². The zero-order valence-electron chi connectivity index (χ0n) is 12.2. The number of aromatic nitrogens is 3. The summed E-state index contributed by atoms with van der Waals surface area (Å²) in [6.45, 7) is 6.47. The molecule has 3 atom stereocenters. The van der Waals surface area contributed by atoms with Gasteiger partial charge in [-0.25, -0.2) is 9.50 Å². The topological polar surface area (TPSA) is 85.7 Å². The fourth-order valence-electron chi connectivity index (χ4n) is 3.07. The third kappa shape index (κ3) is 2.13. The standard InChI is InChI=1S/C14H19IN4O2/c1-7-10(5-20)21-12(14(7,2)3)9-4-8(15)11-13(16)17-6-18-19(9)11/h4,6-7,10,12,20H,5H2,1-3H3,(H2,16,17,18)/t7-,10-,12+/m1/s1. The Morgan fingerprint density at radius 2 is 2.24 bits per heavy atom. The summed E-state index contributed by atoms with van der Waals surface area (Å²) >= 11 is 2.24. The summed E-state index contributed by atoms with van der Waals surface area (Å²) in [5, 5.41) is 13.8. The van der Waals surface area contributed by atoms with Crippen LogP contribution in [0.1, 0.15) is 32.6 Å². The van der Waals surface area contributed by atoms with Crippen LogP contribution in [-0.4, -0.2) is 32.4 Å².